The highest BCUT2D eigenvalue weighted by Crippen LogP contribution is 2.31. The molecule has 3 nitrogen and oxygen atoms in total. The molecule has 0 aliphatic heterocycles. The Morgan fingerprint density at radius 1 is 1.35 bits per heavy atom. The van der Waals surface area contributed by atoms with E-state index in [1.807, 2.05) is 24.3 Å². The number of para-hydroxylation sites is 1. The number of fused-ring (bicyclic) bond motifs is 2. The van der Waals surface area contributed by atoms with E-state index in [2.05, 4.69) is 0 Å². The molecule has 0 saturated heterocycles. The largest absolute Gasteiger partial charge is 0.460 e. The lowest BCUT2D eigenvalue weighted by atomic mass is 9.93. The zero-order valence-electron chi connectivity index (χ0n) is 9.73. The predicted molar refractivity (Wildman–Crippen MR) is 65.2 cm³/mol. The van der Waals surface area contributed by atoms with Gasteiger partial charge in [0.1, 0.15) is 11.3 Å². The van der Waals surface area contributed by atoms with E-state index in [0.29, 0.717) is 11.0 Å². The van der Waals surface area contributed by atoms with Crippen molar-refractivity contribution in [1.82, 2.24) is 0 Å². The van der Waals surface area contributed by atoms with Crippen LogP contribution < -0.4 is 5.43 Å². The van der Waals surface area contributed by atoms with E-state index in [1.54, 1.807) is 7.11 Å². The molecule has 1 aromatic heterocycles. The smallest absolute Gasteiger partial charge is 0.198 e. The van der Waals surface area contributed by atoms with Crippen molar-refractivity contribution in [2.75, 3.05) is 7.11 Å². The van der Waals surface area contributed by atoms with E-state index in [1.165, 1.54) is 0 Å². The second-order valence-electron chi connectivity index (χ2n) is 4.38. The van der Waals surface area contributed by atoms with Gasteiger partial charge in [0, 0.05) is 13.5 Å². The summed E-state index contributed by atoms with van der Waals surface area (Å²) < 4.78 is 11.2. The molecule has 88 valence electrons. The van der Waals surface area contributed by atoms with Crippen molar-refractivity contribution in [3.8, 4) is 0 Å². The average molecular weight is 230 g/mol. The van der Waals surface area contributed by atoms with Crippen LogP contribution in [-0.2, 0) is 11.2 Å². The first-order chi connectivity index (χ1) is 8.31. The predicted octanol–water partition coefficient (Wildman–Crippen LogP) is 2.82. The Kier molecular flexibility index (Phi) is 2.48. The molecule has 0 N–H and O–H groups in total. The monoisotopic (exact) mass is 230 g/mol. The first-order valence-corrected chi connectivity index (χ1v) is 5.88. The van der Waals surface area contributed by atoms with E-state index in [-0.39, 0.29) is 11.5 Å². The molecule has 0 fully saturated rings. The molecule has 0 spiro atoms. The van der Waals surface area contributed by atoms with E-state index >= 15 is 0 Å². The lowest BCUT2D eigenvalue weighted by molar-refractivity contribution is 0.0834. The molecule has 3 heteroatoms. The van der Waals surface area contributed by atoms with Gasteiger partial charge >= 0.3 is 0 Å². The van der Waals surface area contributed by atoms with Crippen molar-refractivity contribution in [2.24, 2.45) is 0 Å². The number of aryl methyl sites for hydroxylation is 1. The van der Waals surface area contributed by atoms with Crippen molar-refractivity contribution < 1.29 is 9.15 Å². The second-order valence-corrected chi connectivity index (χ2v) is 4.38. The molecule has 2 aromatic rings. The zero-order chi connectivity index (χ0) is 11.8. The minimum absolute atomic E-state index is 0.0633. The number of methoxy groups -OCH3 is 1. The molecule has 0 amide bonds. The molecule has 0 saturated carbocycles. The summed E-state index contributed by atoms with van der Waals surface area (Å²) in [7, 11) is 1.65. The topological polar surface area (TPSA) is 39.4 Å². The van der Waals surface area contributed by atoms with E-state index < -0.39 is 0 Å². The standard InChI is InChI=1S/C14H14O3/c1-16-11-7-4-8-12-13(11)14(15)9-5-2-3-6-10(9)17-12/h2-3,5-6,11H,4,7-8H2,1H3. The van der Waals surface area contributed by atoms with Crippen LogP contribution in [0.15, 0.2) is 33.5 Å². The Morgan fingerprint density at radius 3 is 3.00 bits per heavy atom. The minimum Gasteiger partial charge on any atom is -0.460 e. The van der Waals surface area contributed by atoms with Gasteiger partial charge in [-0.3, -0.25) is 4.79 Å². The maximum absolute atomic E-state index is 12.4. The van der Waals surface area contributed by atoms with E-state index in [9.17, 15) is 4.79 Å². The number of ether oxygens (including phenoxy) is 1. The summed E-state index contributed by atoms with van der Waals surface area (Å²) in [6.07, 6.45) is 2.62. The van der Waals surface area contributed by atoms with Gasteiger partial charge in [-0.25, -0.2) is 0 Å². The number of benzene rings is 1. The van der Waals surface area contributed by atoms with Crippen LogP contribution in [0.5, 0.6) is 0 Å². The van der Waals surface area contributed by atoms with Crippen molar-refractivity contribution in [3.63, 3.8) is 0 Å². The third-order valence-corrected chi connectivity index (χ3v) is 3.39. The van der Waals surface area contributed by atoms with Crippen LogP contribution in [0, 0.1) is 0 Å². The normalized spacial score (nSPS) is 19.2. The molecule has 1 aromatic carbocycles. The Morgan fingerprint density at radius 2 is 2.18 bits per heavy atom. The number of hydrogen-bond acceptors (Lipinski definition) is 3. The highest BCUT2D eigenvalue weighted by atomic mass is 16.5. The highest BCUT2D eigenvalue weighted by molar-refractivity contribution is 5.77. The molecule has 1 unspecified atom stereocenters. The summed E-state index contributed by atoms with van der Waals surface area (Å²) in [5.41, 5.74) is 1.46. The molecule has 17 heavy (non-hydrogen) atoms. The van der Waals surface area contributed by atoms with Gasteiger partial charge in [0.25, 0.3) is 0 Å². The average Bonchev–Trinajstić information content (AvgIpc) is 2.38. The lowest BCUT2D eigenvalue weighted by Gasteiger charge is -2.22. The number of rotatable bonds is 1. The SMILES string of the molecule is COC1CCCc2oc3ccccc3c(=O)c21. The molecule has 3 rings (SSSR count). The summed E-state index contributed by atoms with van der Waals surface area (Å²) in [6, 6.07) is 7.39. The van der Waals surface area contributed by atoms with Crippen molar-refractivity contribution >= 4 is 11.0 Å². The van der Waals surface area contributed by atoms with Crippen LogP contribution in [0.3, 0.4) is 0 Å². The Hall–Kier alpha value is -1.61. The fourth-order valence-corrected chi connectivity index (χ4v) is 2.54. The van der Waals surface area contributed by atoms with Crippen LogP contribution in [-0.4, -0.2) is 7.11 Å². The van der Waals surface area contributed by atoms with E-state index in [4.69, 9.17) is 9.15 Å². The van der Waals surface area contributed by atoms with Gasteiger partial charge in [0.05, 0.1) is 17.1 Å². The Labute approximate surface area is 99.0 Å². The van der Waals surface area contributed by atoms with Gasteiger partial charge in [0.2, 0.25) is 0 Å². The van der Waals surface area contributed by atoms with Gasteiger partial charge < -0.3 is 9.15 Å². The molecule has 1 heterocycles. The zero-order valence-corrected chi connectivity index (χ0v) is 9.73. The highest BCUT2D eigenvalue weighted by Gasteiger charge is 2.26. The van der Waals surface area contributed by atoms with Crippen LogP contribution in [0.2, 0.25) is 0 Å². The molecule has 0 bridgehead atoms. The van der Waals surface area contributed by atoms with E-state index in [0.717, 1.165) is 30.6 Å². The summed E-state index contributed by atoms with van der Waals surface area (Å²) in [5, 5.41) is 0.648. The van der Waals surface area contributed by atoms with Crippen molar-refractivity contribution in [2.45, 2.75) is 25.4 Å². The third kappa shape index (κ3) is 1.58. The Bertz CT molecular complexity index is 612. The summed E-state index contributed by atoms with van der Waals surface area (Å²) in [5.74, 6) is 0.798. The maximum Gasteiger partial charge on any atom is 0.198 e. The van der Waals surface area contributed by atoms with Gasteiger partial charge in [-0.15, -0.1) is 0 Å². The van der Waals surface area contributed by atoms with Crippen molar-refractivity contribution in [1.29, 1.82) is 0 Å². The van der Waals surface area contributed by atoms with Gasteiger partial charge in [0.15, 0.2) is 5.43 Å². The summed E-state index contributed by atoms with van der Waals surface area (Å²) in [6.45, 7) is 0. The van der Waals surface area contributed by atoms with Gasteiger partial charge in [-0.1, -0.05) is 12.1 Å². The lowest BCUT2D eigenvalue weighted by Crippen LogP contribution is -2.21. The second kappa shape index (κ2) is 4.00. The molecule has 1 aliphatic rings. The molecule has 1 aliphatic carbocycles. The fraction of sp³-hybridized carbons (Fsp3) is 0.357. The van der Waals surface area contributed by atoms with Crippen LogP contribution >= 0.6 is 0 Å². The minimum atomic E-state index is -0.111. The first-order valence-electron chi connectivity index (χ1n) is 5.88. The molecule has 0 radical (unpaired) electrons. The maximum atomic E-state index is 12.4. The van der Waals surface area contributed by atoms with Gasteiger partial charge in [-0.05, 0) is 25.0 Å². The summed E-state index contributed by atoms with van der Waals surface area (Å²) >= 11 is 0. The molecule has 1 atom stereocenters. The van der Waals surface area contributed by atoms with Crippen molar-refractivity contribution in [3.05, 3.63) is 45.8 Å². The molecular weight excluding hydrogens is 216 g/mol. The molecular formula is C14H14O3. The Balaban J connectivity index is 2.35. The first kappa shape index (κ1) is 10.5. The van der Waals surface area contributed by atoms with Crippen LogP contribution in [0.4, 0.5) is 0 Å². The van der Waals surface area contributed by atoms with Crippen LogP contribution in [0.25, 0.3) is 11.0 Å². The van der Waals surface area contributed by atoms with Crippen LogP contribution in [0.1, 0.15) is 30.3 Å². The summed E-state index contributed by atoms with van der Waals surface area (Å²) in [4.78, 5) is 12.4. The quantitative estimate of drug-likeness (QED) is 0.756. The fourth-order valence-electron chi connectivity index (χ4n) is 2.54. The van der Waals surface area contributed by atoms with Gasteiger partial charge in [-0.2, -0.15) is 0 Å². The number of hydrogen-bond donors (Lipinski definition) is 0. The third-order valence-electron chi connectivity index (χ3n) is 3.39.